The molecule has 0 bridgehead atoms. The van der Waals surface area contributed by atoms with Gasteiger partial charge in [0, 0.05) is 6.54 Å². The van der Waals surface area contributed by atoms with Crippen molar-refractivity contribution in [2.24, 2.45) is 5.92 Å². The summed E-state index contributed by atoms with van der Waals surface area (Å²) in [5.74, 6) is -0.249. The highest BCUT2D eigenvalue weighted by Gasteiger charge is 2.21. The van der Waals surface area contributed by atoms with Gasteiger partial charge in [-0.05, 0) is 56.5 Å². The Morgan fingerprint density at radius 2 is 2.17 bits per heavy atom. The van der Waals surface area contributed by atoms with Gasteiger partial charge in [0.2, 0.25) is 10.0 Å². The molecule has 1 aliphatic rings. The molecule has 2 N–H and O–H groups in total. The highest BCUT2D eigenvalue weighted by atomic mass is 35.5. The van der Waals surface area contributed by atoms with E-state index in [0.29, 0.717) is 18.0 Å². The minimum absolute atomic E-state index is 0. The molecule has 6 nitrogen and oxygen atoms in total. The van der Waals surface area contributed by atoms with Crippen LogP contribution >= 0.6 is 12.4 Å². The SMILES string of the molecule is COC(=O)c1ccc(C)c(S(=O)(=O)NCC2CCCNC2)c1.Cl. The number of aryl methyl sites for hydroxylation is 1. The molecule has 0 amide bonds. The number of ether oxygens (including phenoxy) is 1. The molecule has 0 radical (unpaired) electrons. The molecule has 1 saturated heterocycles. The predicted molar refractivity (Wildman–Crippen MR) is 90.5 cm³/mol. The third-order valence-corrected chi connectivity index (χ3v) is 5.43. The first-order valence-corrected chi connectivity index (χ1v) is 8.81. The van der Waals surface area contributed by atoms with Gasteiger partial charge >= 0.3 is 5.97 Å². The second kappa shape index (κ2) is 8.63. The number of benzene rings is 1. The van der Waals surface area contributed by atoms with Crippen LogP contribution < -0.4 is 10.0 Å². The first-order valence-electron chi connectivity index (χ1n) is 7.33. The van der Waals surface area contributed by atoms with Crippen molar-refractivity contribution < 1.29 is 17.9 Å². The molecular formula is C15H23ClN2O4S. The van der Waals surface area contributed by atoms with Gasteiger partial charge in [0.05, 0.1) is 17.6 Å². The Bertz CT molecular complexity index is 643. The molecule has 1 aromatic rings. The van der Waals surface area contributed by atoms with Crippen molar-refractivity contribution in [3.05, 3.63) is 29.3 Å². The number of carbonyl (C=O) groups excluding carboxylic acids is 1. The maximum absolute atomic E-state index is 12.5. The average Bonchev–Trinajstić information content (AvgIpc) is 2.53. The second-order valence-corrected chi connectivity index (χ2v) is 7.27. The molecule has 1 unspecified atom stereocenters. The quantitative estimate of drug-likeness (QED) is 0.775. The van der Waals surface area contributed by atoms with E-state index in [1.54, 1.807) is 19.1 Å². The van der Waals surface area contributed by atoms with Gasteiger partial charge in [0.25, 0.3) is 0 Å². The van der Waals surface area contributed by atoms with Crippen molar-refractivity contribution in [2.45, 2.75) is 24.7 Å². The molecule has 0 aromatic heterocycles. The fourth-order valence-corrected chi connectivity index (χ4v) is 3.92. The summed E-state index contributed by atoms with van der Waals surface area (Å²) < 4.78 is 32.2. The van der Waals surface area contributed by atoms with Crippen LogP contribution in [0.1, 0.15) is 28.8 Å². The third-order valence-electron chi connectivity index (χ3n) is 3.86. The van der Waals surface area contributed by atoms with Crippen LogP contribution in [-0.2, 0) is 14.8 Å². The van der Waals surface area contributed by atoms with Crippen molar-refractivity contribution in [1.82, 2.24) is 10.0 Å². The summed E-state index contributed by atoms with van der Waals surface area (Å²) in [6.45, 7) is 3.92. The van der Waals surface area contributed by atoms with E-state index in [1.807, 2.05) is 0 Å². The van der Waals surface area contributed by atoms with Gasteiger partial charge in [-0.2, -0.15) is 0 Å². The smallest absolute Gasteiger partial charge is 0.337 e. The van der Waals surface area contributed by atoms with Crippen LogP contribution in [-0.4, -0.2) is 41.1 Å². The van der Waals surface area contributed by atoms with Gasteiger partial charge in [-0.3, -0.25) is 0 Å². The van der Waals surface area contributed by atoms with Crippen LogP contribution in [0.3, 0.4) is 0 Å². The third kappa shape index (κ3) is 5.17. The zero-order valence-electron chi connectivity index (χ0n) is 13.3. The van der Waals surface area contributed by atoms with Crippen LogP contribution in [0.15, 0.2) is 23.1 Å². The maximum Gasteiger partial charge on any atom is 0.337 e. The zero-order valence-corrected chi connectivity index (χ0v) is 14.9. The lowest BCUT2D eigenvalue weighted by molar-refractivity contribution is 0.0600. The van der Waals surface area contributed by atoms with E-state index in [4.69, 9.17) is 0 Å². The number of sulfonamides is 1. The molecule has 1 aromatic carbocycles. The standard InChI is InChI=1S/C15H22N2O4S.ClH/c1-11-5-6-13(15(18)21-2)8-14(11)22(19,20)17-10-12-4-3-7-16-9-12;/h5-6,8,12,16-17H,3-4,7,9-10H2,1-2H3;1H. The largest absolute Gasteiger partial charge is 0.465 e. The van der Waals surface area contributed by atoms with E-state index in [-0.39, 0.29) is 22.9 Å². The normalized spacial score (nSPS) is 18.1. The Balaban J connectivity index is 0.00000264. The fraction of sp³-hybridized carbons (Fsp3) is 0.533. The van der Waals surface area contributed by atoms with Crippen LogP contribution in [0, 0.1) is 12.8 Å². The summed E-state index contributed by atoms with van der Waals surface area (Å²) in [6.07, 6.45) is 2.07. The summed E-state index contributed by atoms with van der Waals surface area (Å²) >= 11 is 0. The lowest BCUT2D eigenvalue weighted by Crippen LogP contribution is -2.38. The number of esters is 1. The number of rotatable bonds is 5. The first kappa shape index (κ1) is 19.9. The minimum Gasteiger partial charge on any atom is -0.465 e. The van der Waals surface area contributed by atoms with Crippen LogP contribution in [0.2, 0.25) is 0 Å². The molecule has 1 fully saturated rings. The summed E-state index contributed by atoms with van der Waals surface area (Å²) in [5, 5.41) is 3.26. The number of hydrogen-bond acceptors (Lipinski definition) is 5. The van der Waals surface area contributed by atoms with E-state index < -0.39 is 16.0 Å². The molecule has 2 rings (SSSR count). The van der Waals surface area contributed by atoms with Gasteiger partial charge in [-0.25, -0.2) is 17.9 Å². The van der Waals surface area contributed by atoms with Crippen molar-refractivity contribution in [2.75, 3.05) is 26.7 Å². The van der Waals surface area contributed by atoms with E-state index >= 15 is 0 Å². The Kier molecular flexibility index (Phi) is 7.47. The van der Waals surface area contributed by atoms with Crippen LogP contribution in [0.25, 0.3) is 0 Å². The Hall–Kier alpha value is -1.15. The monoisotopic (exact) mass is 362 g/mol. The van der Waals surface area contributed by atoms with Crippen molar-refractivity contribution in [3.8, 4) is 0 Å². The topological polar surface area (TPSA) is 84.5 Å². The van der Waals surface area contributed by atoms with Crippen molar-refractivity contribution in [1.29, 1.82) is 0 Å². The first-order chi connectivity index (χ1) is 10.4. The van der Waals surface area contributed by atoms with Gasteiger partial charge in [-0.1, -0.05) is 6.07 Å². The second-order valence-electron chi connectivity index (χ2n) is 5.54. The highest BCUT2D eigenvalue weighted by Crippen LogP contribution is 2.18. The highest BCUT2D eigenvalue weighted by molar-refractivity contribution is 7.89. The number of piperidine rings is 1. The van der Waals surface area contributed by atoms with Gasteiger partial charge in [0.15, 0.2) is 0 Å². The van der Waals surface area contributed by atoms with Gasteiger partial charge in [0.1, 0.15) is 0 Å². The minimum atomic E-state index is -3.64. The van der Waals surface area contributed by atoms with Crippen LogP contribution in [0.5, 0.6) is 0 Å². The zero-order chi connectivity index (χ0) is 16.2. The van der Waals surface area contributed by atoms with E-state index in [9.17, 15) is 13.2 Å². The molecule has 1 heterocycles. The number of hydrogen-bond donors (Lipinski definition) is 2. The van der Waals surface area contributed by atoms with E-state index in [1.165, 1.54) is 13.2 Å². The summed E-state index contributed by atoms with van der Waals surface area (Å²) in [6, 6.07) is 4.54. The number of methoxy groups -OCH3 is 1. The van der Waals surface area contributed by atoms with Gasteiger partial charge < -0.3 is 10.1 Å². The van der Waals surface area contributed by atoms with Crippen LogP contribution in [0.4, 0.5) is 0 Å². The molecule has 23 heavy (non-hydrogen) atoms. The predicted octanol–water partition coefficient (Wildman–Crippen LogP) is 1.48. The maximum atomic E-state index is 12.5. The lowest BCUT2D eigenvalue weighted by Gasteiger charge is -2.23. The molecule has 1 aliphatic heterocycles. The summed E-state index contributed by atoms with van der Waals surface area (Å²) in [4.78, 5) is 11.7. The van der Waals surface area contributed by atoms with E-state index in [2.05, 4.69) is 14.8 Å². The molecule has 0 aliphatic carbocycles. The number of halogens is 1. The van der Waals surface area contributed by atoms with E-state index in [0.717, 1.165) is 25.9 Å². The molecule has 130 valence electrons. The number of carbonyl (C=O) groups is 1. The molecule has 0 spiro atoms. The molecule has 8 heteroatoms. The Morgan fingerprint density at radius 3 is 2.78 bits per heavy atom. The van der Waals surface area contributed by atoms with Crippen molar-refractivity contribution >= 4 is 28.4 Å². The summed E-state index contributed by atoms with van der Waals surface area (Å²) in [5.41, 5.74) is 0.828. The lowest BCUT2D eigenvalue weighted by atomic mass is 10.0. The number of nitrogens with one attached hydrogen (secondary N) is 2. The fourth-order valence-electron chi connectivity index (χ4n) is 2.54. The van der Waals surface area contributed by atoms with Gasteiger partial charge in [-0.15, -0.1) is 12.4 Å². The Morgan fingerprint density at radius 1 is 1.43 bits per heavy atom. The van der Waals surface area contributed by atoms with Crippen molar-refractivity contribution in [3.63, 3.8) is 0 Å². The molecule has 0 saturated carbocycles. The molecule has 1 atom stereocenters. The molecular weight excluding hydrogens is 340 g/mol. The summed E-state index contributed by atoms with van der Waals surface area (Å²) in [7, 11) is -2.37. The average molecular weight is 363 g/mol. The Labute approximate surface area is 143 Å².